The predicted octanol–water partition coefficient (Wildman–Crippen LogP) is 0.830. The predicted molar refractivity (Wildman–Crippen MR) is 76.5 cm³/mol. The van der Waals surface area contributed by atoms with Crippen LogP contribution in [0.4, 0.5) is 0 Å². The number of pyridine rings is 1. The third-order valence-electron chi connectivity index (χ3n) is 2.94. The molecule has 0 atom stereocenters. The molecule has 2 amide bonds. The highest BCUT2D eigenvalue weighted by Crippen LogP contribution is 2.14. The van der Waals surface area contributed by atoms with E-state index < -0.39 is 5.91 Å². The van der Waals surface area contributed by atoms with Gasteiger partial charge in [0.25, 0.3) is 5.91 Å². The molecule has 108 valence electrons. The van der Waals surface area contributed by atoms with Crippen LogP contribution in [0.15, 0.2) is 18.3 Å². The van der Waals surface area contributed by atoms with Gasteiger partial charge in [-0.2, -0.15) is 0 Å². The van der Waals surface area contributed by atoms with Crippen LogP contribution < -0.4 is 5.32 Å². The molecule has 0 radical (unpaired) electrons. The molecule has 1 fully saturated rings. The summed E-state index contributed by atoms with van der Waals surface area (Å²) in [6, 6.07) is 2.95. The molecule has 0 aromatic carbocycles. The van der Waals surface area contributed by atoms with Gasteiger partial charge < -0.3 is 15.3 Å². The van der Waals surface area contributed by atoms with Crippen molar-refractivity contribution in [2.75, 3.05) is 24.7 Å². The van der Waals surface area contributed by atoms with E-state index in [4.69, 9.17) is 0 Å². The van der Waals surface area contributed by atoms with Crippen LogP contribution in [-0.2, 0) is 4.79 Å². The Morgan fingerprint density at radius 1 is 1.50 bits per heavy atom. The van der Waals surface area contributed by atoms with Gasteiger partial charge in [-0.1, -0.05) is 0 Å². The summed E-state index contributed by atoms with van der Waals surface area (Å²) in [6.07, 6.45) is 2.72. The zero-order valence-corrected chi connectivity index (χ0v) is 11.9. The molecule has 0 spiro atoms. The van der Waals surface area contributed by atoms with Crippen molar-refractivity contribution in [2.24, 2.45) is 0 Å². The van der Waals surface area contributed by atoms with E-state index in [1.54, 1.807) is 22.7 Å². The minimum atomic E-state index is -0.469. The summed E-state index contributed by atoms with van der Waals surface area (Å²) in [7, 11) is 0. The monoisotopic (exact) mass is 295 g/mol. The standard InChI is InChI=1S/C13H17N3O3S/c17-10-3-1-5-14-12(10)13(19)15-6-4-11(18)16-7-2-8-20-9-16/h1,3,5,17H,2,4,6-9H2,(H,15,19). The van der Waals surface area contributed by atoms with Gasteiger partial charge in [0.2, 0.25) is 5.91 Å². The SMILES string of the molecule is O=C(NCCC(=O)N1CCCSC1)c1ncccc1O. The highest BCUT2D eigenvalue weighted by Gasteiger charge is 2.17. The van der Waals surface area contributed by atoms with Crippen LogP contribution in [0.2, 0.25) is 0 Å². The van der Waals surface area contributed by atoms with E-state index in [9.17, 15) is 14.7 Å². The van der Waals surface area contributed by atoms with Crippen LogP contribution in [0.3, 0.4) is 0 Å². The average Bonchev–Trinajstić information content (AvgIpc) is 2.48. The quantitative estimate of drug-likeness (QED) is 0.860. The molecule has 1 aliphatic rings. The summed E-state index contributed by atoms with van der Waals surface area (Å²) >= 11 is 1.74. The van der Waals surface area contributed by atoms with Gasteiger partial charge in [0.05, 0.1) is 5.88 Å². The number of aromatic nitrogens is 1. The van der Waals surface area contributed by atoms with Gasteiger partial charge in [-0.3, -0.25) is 9.59 Å². The van der Waals surface area contributed by atoms with E-state index in [2.05, 4.69) is 10.3 Å². The van der Waals surface area contributed by atoms with Crippen molar-refractivity contribution in [1.29, 1.82) is 0 Å². The lowest BCUT2D eigenvalue weighted by Crippen LogP contribution is -2.37. The van der Waals surface area contributed by atoms with E-state index >= 15 is 0 Å². The van der Waals surface area contributed by atoms with E-state index in [0.717, 1.165) is 24.6 Å². The molecular weight excluding hydrogens is 278 g/mol. The van der Waals surface area contributed by atoms with Crippen LogP contribution >= 0.6 is 11.8 Å². The molecule has 2 rings (SSSR count). The summed E-state index contributed by atoms with van der Waals surface area (Å²) in [4.78, 5) is 29.2. The number of nitrogens with one attached hydrogen (secondary N) is 1. The van der Waals surface area contributed by atoms with Gasteiger partial charge in [-0.25, -0.2) is 4.98 Å². The van der Waals surface area contributed by atoms with Crippen molar-refractivity contribution in [3.8, 4) is 5.75 Å². The number of amides is 2. The van der Waals surface area contributed by atoms with E-state index in [1.807, 2.05) is 0 Å². The number of rotatable bonds is 4. The summed E-state index contributed by atoms with van der Waals surface area (Å²) in [5, 5.41) is 12.1. The smallest absolute Gasteiger partial charge is 0.273 e. The molecule has 0 aliphatic carbocycles. The summed E-state index contributed by atoms with van der Waals surface area (Å²) in [5.41, 5.74) is -0.0199. The highest BCUT2D eigenvalue weighted by atomic mass is 32.2. The lowest BCUT2D eigenvalue weighted by molar-refractivity contribution is -0.130. The fraction of sp³-hybridized carbons (Fsp3) is 0.462. The first kappa shape index (κ1) is 14.6. The Balaban J connectivity index is 1.76. The molecular formula is C13H17N3O3S. The normalized spacial score (nSPS) is 14.9. The van der Waals surface area contributed by atoms with Crippen molar-refractivity contribution >= 4 is 23.6 Å². The Morgan fingerprint density at radius 2 is 2.35 bits per heavy atom. The summed E-state index contributed by atoms with van der Waals surface area (Å²) in [5.74, 6) is 1.24. The van der Waals surface area contributed by atoms with Gasteiger partial charge in [0.15, 0.2) is 5.69 Å². The molecule has 6 nitrogen and oxygen atoms in total. The third-order valence-corrected chi connectivity index (χ3v) is 4.01. The maximum atomic E-state index is 11.9. The lowest BCUT2D eigenvalue weighted by Gasteiger charge is -2.26. The number of carbonyl (C=O) groups excluding carboxylic acids is 2. The molecule has 2 N–H and O–H groups in total. The molecule has 1 aromatic rings. The minimum absolute atomic E-state index is 0.0199. The molecule has 2 heterocycles. The minimum Gasteiger partial charge on any atom is -0.505 e. The maximum Gasteiger partial charge on any atom is 0.273 e. The molecule has 1 aromatic heterocycles. The fourth-order valence-electron chi connectivity index (χ4n) is 1.89. The second kappa shape index (κ2) is 7.14. The Labute approximate surface area is 121 Å². The van der Waals surface area contributed by atoms with Crippen LogP contribution in [0.1, 0.15) is 23.3 Å². The Kier molecular flexibility index (Phi) is 5.23. The Morgan fingerprint density at radius 3 is 3.05 bits per heavy atom. The van der Waals surface area contributed by atoms with Gasteiger partial charge in [0, 0.05) is 25.7 Å². The van der Waals surface area contributed by atoms with Crippen LogP contribution in [0.5, 0.6) is 5.75 Å². The van der Waals surface area contributed by atoms with Crippen molar-refractivity contribution in [3.63, 3.8) is 0 Å². The van der Waals surface area contributed by atoms with Crippen molar-refractivity contribution < 1.29 is 14.7 Å². The molecule has 1 aliphatic heterocycles. The van der Waals surface area contributed by atoms with Gasteiger partial charge in [-0.15, -0.1) is 11.8 Å². The number of thioether (sulfide) groups is 1. The fourth-order valence-corrected chi connectivity index (χ4v) is 2.85. The zero-order valence-electron chi connectivity index (χ0n) is 11.0. The number of hydrogen-bond acceptors (Lipinski definition) is 5. The second-order valence-corrected chi connectivity index (χ2v) is 5.50. The maximum absolute atomic E-state index is 11.9. The molecule has 0 unspecified atom stereocenters. The topological polar surface area (TPSA) is 82.5 Å². The van der Waals surface area contributed by atoms with E-state index in [1.165, 1.54) is 12.3 Å². The lowest BCUT2D eigenvalue weighted by atomic mass is 10.3. The molecule has 20 heavy (non-hydrogen) atoms. The highest BCUT2D eigenvalue weighted by molar-refractivity contribution is 7.99. The largest absolute Gasteiger partial charge is 0.505 e. The first-order valence-corrected chi connectivity index (χ1v) is 7.61. The van der Waals surface area contributed by atoms with Gasteiger partial charge in [0.1, 0.15) is 5.75 Å². The first-order valence-electron chi connectivity index (χ1n) is 6.46. The van der Waals surface area contributed by atoms with Crippen LogP contribution in [0, 0.1) is 0 Å². The second-order valence-electron chi connectivity index (χ2n) is 4.43. The molecule has 0 saturated carbocycles. The molecule has 7 heteroatoms. The Hall–Kier alpha value is -1.76. The van der Waals surface area contributed by atoms with Crippen molar-refractivity contribution in [2.45, 2.75) is 12.8 Å². The van der Waals surface area contributed by atoms with Crippen LogP contribution in [0.25, 0.3) is 0 Å². The average molecular weight is 295 g/mol. The van der Waals surface area contributed by atoms with Crippen molar-refractivity contribution in [3.05, 3.63) is 24.0 Å². The zero-order chi connectivity index (χ0) is 14.4. The first-order chi connectivity index (χ1) is 9.68. The third kappa shape index (κ3) is 3.86. The summed E-state index contributed by atoms with van der Waals surface area (Å²) < 4.78 is 0. The summed E-state index contributed by atoms with van der Waals surface area (Å²) in [6.45, 7) is 1.04. The number of carbonyl (C=O) groups is 2. The van der Waals surface area contributed by atoms with E-state index in [0.29, 0.717) is 0 Å². The van der Waals surface area contributed by atoms with Crippen molar-refractivity contribution in [1.82, 2.24) is 15.2 Å². The Bertz CT molecular complexity index is 490. The molecule has 1 saturated heterocycles. The number of hydrogen-bond donors (Lipinski definition) is 2. The molecule has 0 bridgehead atoms. The van der Waals surface area contributed by atoms with E-state index in [-0.39, 0.29) is 30.3 Å². The van der Waals surface area contributed by atoms with Gasteiger partial charge >= 0.3 is 0 Å². The number of nitrogens with zero attached hydrogens (tertiary/aromatic N) is 2. The van der Waals surface area contributed by atoms with Gasteiger partial charge in [-0.05, 0) is 24.3 Å². The van der Waals surface area contributed by atoms with Crippen LogP contribution in [-0.4, -0.2) is 51.5 Å². The number of aromatic hydroxyl groups is 1.